The average molecular weight is 295 g/mol. The summed E-state index contributed by atoms with van der Waals surface area (Å²) in [6.45, 7) is 6.47. The first kappa shape index (κ1) is 15.0. The summed E-state index contributed by atoms with van der Waals surface area (Å²) in [7, 11) is 0. The van der Waals surface area contributed by atoms with Crippen molar-refractivity contribution in [2.24, 2.45) is 5.92 Å². The van der Waals surface area contributed by atoms with E-state index in [0.29, 0.717) is 23.2 Å². The van der Waals surface area contributed by atoms with Crippen LogP contribution in [0, 0.1) is 5.92 Å². The number of amides is 2. The van der Waals surface area contributed by atoms with Gasteiger partial charge in [-0.25, -0.2) is 4.98 Å². The fourth-order valence-corrected chi connectivity index (χ4v) is 2.86. The van der Waals surface area contributed by atoms with E-state index >= 15 is 0 Å². The summed E-state index contributed by atoms with van der Waals surface area (Å²) in [4.78, 5) is 30.0. The van der Waals surface area contributed by atoms with Gasteiger partial charge in [-0.15, -0.1) is 11.3 Å². The normalized spacial score (nSPS) is 14.8. The second-order valence-electron chi connectivity index (χ2n) is 5.48. The van der Waals surface area contributed by atoms with Crippen molar-refractivity contribution in [2.45, 2.75) is 33.1 Å². The first-order valence-corrected chi connectivity index (χ1v) is 7.99. The number of likely N-dealkylation sites (tertiary alicyclic amines) is 1. The average Bonchev–Trinajstić information content (AvgIpc) is 3.09. The lowest BCUT2D eigenvalue weighted by Crippen LogP contribution is -2.28. The van der Waals surface area contributed by atoms with Crippen LogP contribution in [0.15, 0.2) is 5.38 Å². The highest BCUT2D eigenvalue weighted by molar-refractivity contribution is 7.11. The second kappa shape index (κ2) is 6.83. The van der Waals surface area contributed by atoms with Gasteiger partial charge in [0.05, 0.1) is 0 Å². The van der Waals surface area contributed by atoms with E-state index in [-0.39, 0.29) is 11.8 Å². The van der Waals surface area contributed by atoms with Crippen LogP contribution in [0.3, 0.4) is 0 Å². The smallest absolute Gasteiger partial charge is 0.282 e. The van der Waals surface area contributed by atoms with E-state index < -0.39 is 0 Å². The van der Waals surface area contributed by atoms with Gasteiger partial charge in [-0.1, -0.05) is 13.8 Å². The largest absolute Gasteiger partial charge is 0.351 e. The molecule has 5 nitrogen and oxygen atoms in total. The van der Waals surface area contributed by atoms with E-state index in [9.17, 15) is 9.59 Å². The Labute approximate surface area is 123 Å². The summed E-state index contributed by atoms with van der Waals surface area (Å²) in [6, 6.07) is 0. The number of hydrogen-bond donors (Lipinski definition) is 1. The lowest BCUT2D eigenvalue weighted by Gasteiger charge is -2.12. The van der Waals surface area contributed by atoms with Crippen molar-refractivity contribution in [3.63, 3.8) is 0 Å². The lowest BCUT2D eigenvalue weighted by atomic mass is 10.1. The van der Waals surface area contributed by atoms with Crippen molar-refractivity contribution in [3.8, 4) is 0 Å². The zero-order chi connectivity index (χ0) is 14.5. The molecule has 0 unspecified atom stereocenters. The van der Waals surface area contributed by atoms with Gasteiger partial charge in [0, 0.05) is 25.0 Å². The number of hydrogen-bond acceptors (Lipinski definition) is 4. The van der Waals surface area contributed by atoms with Crippen LogP contribution in [0.4, 0.5) is 0 Å². The summed E-state index contributed by atoms with van der Waals surface area (Å²) >= 11 is 1.25. The van der Waals surface area contributed by atoms with Gasteiger partial charge in [0.25, 0.3) is 11.8 Å². The molecule has 20 heavy (non-hydrogen) atoms. The monoisotopic (exact) mass is 295 g/mol. The molecular weight excluding hydrogens is 274 g/mol. The molecule has 2 rings (SSSR count). The molecule has 6 heteroatoms. The molecule has 1 saturated heterocycles. The van der Waals surface area contributed by atoms with E-state index in [1.54, 1.807) is 10.3 Å². The molecular formula is C14H21N3O2S. The van der Waals surface area contributed by atoms with E-state index in [2.05, 4.69) is 24.1 Å². The molecule has 0 atom stereocenters. The predicted octanol–water partition coefficient (Wildman–Crippen LogP) is 2.16. The molecule has 0 aliphatic carbocycles. The number of thiazole rings is 1. The van der Waals surface area contributed by atoms with Crippen molar-refractivity contribution in [2.75, 3.05) is 19.6 Å². The Kier molecular flexibility index (Phi) is 5.11. The van der Waals surface area contributed by atoms with Gasteiger partial charge < -0.3 is 10.2 Å². The summed E-state index contributed by atoms with van der Waals surface area (Å²) < 4.78 is 0. The Morgan fingerprint density at radius 2 is 2.10 bits per heavy atom. The molecule has 0 spiro atoms. The number of nitrogens with zero attached hydrogens (tertiary/aromatic N) is 2. The highest BCUT2D eigenvalue weighted by atomic mass is 32.1. The molecule has 1 aromatic rings. The van der Waals surface area contributed by atoms with E-state index in [4.69, 9.17) is 0 Å². The van der Waals surface area contributed by atoms with Gasteiger partial charge in [-0.05, 0) is 25.2 Å². The predicted molar refractivity (Wildman–Crippen MR) is 79.0 cm³/mol. The third kappa shape index (κ3) is 3.79. The molecule has 0 radical (unpaired) electrons. The number of nitrogens with one attached hydrogen (secondary N) is 1. The summed E-state index contributed by atoms with van der Waals surface area (Å²) in [5.41, 5.74) is 0.348. The standard InChI is InChI=1S/C14H21N3O2S/c1-10(2)5-6-15-12(18)11-9-20-13(16-11)14(19)17-7-3-4-8-17/h9-10H,3-8H2,1-2H3,(H,15,18). The summed E-state index contributed by atoms with van der Waals surface area (Å²) in [5, 5.41) is 4.91. The van der Waals surface area contributed by atoms with Crippen LogP contribution in [-0.4, -0.2) is 41.3 Å². The summed E-state index contributed by atoms with van der Waals surface area (Å²) in [6.07, 6.45) is 3.05. The zero-order valence-corrected chi connectivity index (χ0v) is 12.8. The molecule has 1 aliphatic rings. The van der Waals surface area contributed by atoms with Crippen molar-refractivity contribution < 1.29 is 9.59 Å². The highest BCUT2D eigenvalue weighted by Gasteiger charge is 2.23. The van der Waals surface area contributed by atoms with E-state index in [0.717, 1.165) is 32.4 Å². The van der Waals surface area contributed by atoms with E-state index in [1.807, 2.05) is 0 Å². The molecule has 1 N–H and O–H groups in total. The third-order valence-electron chi connectivity index (χ3n) is 3.32. The number of aromatic nitrogens is 1. The zero-order valence-electron chi connectivity index (χ0n) is 12.0. The number of carbonyl (C=O) groups is 2. The number of rotatable bonds is 5. The van der Waals surface area contributed by atoms with Crippen molar-refractivity contribution in [3.05, 3.63) is 16.1 Å². The maximum atomic E-state index is 12.1. The summed E-state index contributed by atoms with van der Waals surface area (Å²) in [5.74, 6) is 0.314. The Balaban J connectivity index is 1.90. The maximum absolute atomic E-state index is 12.1. The Morgan fingerprint density at radius 1 is 1.40 bits per heavy atom. The Bertz CT molecular complexity index is 479. The van der Waals surface area contributed by atoms with Gasteiger partial charge in [0.15, 0.2) is 5.01 Å². The first-order chi connectivity index (χ1) is 9.58. The van der Waals surface area contributed by atoms with Crippen LogP contribution in [-0.2, 0) is 0 Å². The van der Waals surface area contributed by atoms with Crippen molar-refractivity contribution >= 4 is 23.2 Å². The quantitative estimate of drug-likeness (QED) is 0.905. The Morgan fingerprint density at radius 3 is 2.75 bits per heavy atom. The van der Waals surface area contributed by atoms with E-state index in [1.165, 1.54) is 11.3 Å². The molecule has 0 bridgehead atoms. The minimum atomic E-state index is -0.192. The van der Waals surface area contributed by atoms with Crippen LogP contribution >= 0.6 is 11.3 Å². The second-order valence-corrected chi connectivity index (χ2v) is 6.33. The topological polar surface area (TPSA) is 62.3 Å². The van der Waals surface area contributed by atoms with Crippen LogP contribution in [0.25, 0.3) is 0 Å². The van der Waals surface area contributed by atoms with Crippen molar-refractivity contribution in [1.82, 2.24) is 15.2 Å². The number of carbonyl (C=O) groups excluding carboxylic acids is 2. The van der Waals surface area contributed by atoms with Gasteiger partial charge in [0.1, 0.15) is 5.69 Å². The van der Waals surface area contributed by atoms with Gasteiger partial charge in [0.2, 0.25) is 0 Å². The molecule has 0 aromatic carbocycles. The van der Waals surface area contributed by atoms with Crippen LogP contribution < -0.4 is 5.32 Å². The Hall–Kier alpha value is -1.43. The molecule has 2 amide bonds. The van der Waals surface area contributed by atoms with Crippen molar-refractivity contribution in [1.29, 1.82) is 0 Å². The molecule has 1 aromatic heterocycles. The molecule has 0 saturated carbocycles. The SMILES string of the molecule is CC(C)CCNC(=O)c1csc(C(=O)N2CCCC2)n1. The van der Waals surface area contributed by atoms with Gasteiger partial charge >= 0.3 is 0 Å². The molecule has 2 heterocycles. The maximum Gasteiger partial charge on any atom is 0.282 e. The van der Waals surface area contributed by atoms with Crippen LogP contribution in [0.1, 0.15) is 53.4 Å². The third-order valence-corrected chi connectivity index (χ3v) is 4.15. The molecule has 1 fully saturated rings. The highest BCUT2D eigenvalue weighted by Crippen LogP contribution is 2.16. The van der Waals surface area contributed by atoms with Gasteiger partial charge in [-0.2, -0.15) is 0 Å². The van der Waals surface area contributed by atoms with Crippen LogP contribution in [0.5, 0.6) is 0 Å². The van der Waals surface area contributed by atoms with Gasteiger partial charge in [-0.3, -0.25) is 9.59 Å². The van der Waals surface area contributed by atoms with Crippen LogP contribution in [0.2, 0.25) is 0 Å². The minimum absolute atomic E-state index is 0.0475. The fourth-order valence-electron chi connectivity index (χ4n) is 2.10. The minimum Gasteiger partial charge on any atom is -0.351 e. The fraction of sp³-hybridized carbons (Fsp3) is 0.643. The molecule has 110 valence electrons. The first-order valence-electron chi connectivity index (χ1n) is 7.11. The molecule has 1 aliphatic heterocycles. The lowest BCUT2D eigenvalue weighted by molar-refractivity contribution is 0.0792.